The molecule has 2 aromatic rings. The molecule has 1 N–H and O–H groups in total. The molecule has 2 heterocycles. The van der Waals surface area contributed by atoms with Crippen LogP contribution >= 0.6 is 0 Å². The first-order chi connectivity index (χ1) is 11.4. The molecule has 0 aliphatic carbocycles. The van der Waals surface area contributed by atoms with Gasteiger partial charge >= 0.3 is 6.18 Å². The van der Waals surface area contributed by atoms with Crippen molar-refractivity contribution in [2.45, 2.75) is 19.1 Å². The van der Waals surface area contributed by atoms with Gasteiger partial charge in [0, 0.05) is 37.4 Å². The molecule has 1 atom stereocenters. The molecule has 0 bridgehead atoms. The highest BCUT2D eigenvalue weighted by atomic mass is 19.4. The minimum Gasteiger partial charge on any atom is -0.333 e. The molecule has 3 rings (SSSR count). The fourth-order valence-corrected chi connectivity index (χ4v) is 2.71. The number of halogens is 3. The maximum absolute atomic E-state index is 12.7. The van der Waals surface area contributed by atoms with Crippen LogP contribution in [0, 0.1) is 0 Å². The number of nitrogens with zero attached hydrogens (tertiary/aromatic N) is 3. The Hall–Kier alpha value is -2.35. The maximum Gasteiger partial charge on any atom is 0.435 e. The van der Waals surface area contributed by atoms with Gasteiger partial charge in [-0.25, -0.2) is 4.68 Å². The zero-order valence-corrected chi connectivity index (χ0v) is 13.0. The Morgan fingerprint density at radius 1 is 1.33 bits per heavy atom. The van der Waals surface area contributed by atoms with Crippen molar-refractivity contribution in [3.05, 3.63) is 47.8 Å². The van der Waals surface area contributed by atoms with Gasteiger partial charge in [-0.2, -0.15) is 18.3 Å². The summed E-state index contributed by atoms with van der Waals surface area (Å²) < 4.78 is 39.1. The van der Waals surface area contributed by atoms with Crippen molar-refractivity contribution in [1.82, 2.24) is 20.0 Å². The van der Waals surface area contributed by atoms with E-state index in [2.05, 4.69) is 10.4 Å². The summed E-state index contributed by atoms with van der Waals surface area (Å²) in [5.74, 6) is -0.131. The third-order valence-corrected chi connectivity index (χ3v) is 4.00. The number of alkyl halides is 3. The third kappa shape index (κ3) is 3.28. The number of piperazine rings is 1. The summed E-state index contributed by atoms with van der Waals surface area (Å²) in [5.41, 5.74) is -0.112. The van der Waals surface area contributed by atoms with E-state index in [4.69, 9.17) is 0 Å². The van der Waals surface area contributed by atoms with Crippen molar-refractivity contribution in [3.8, 4) is 5.69 Å². The Balaban J connectivity index is 1.86. The third-order valence-electron chi connectivity index (χ3n) is 4.00. The Morgan fingerprint density at radius 3 is 2.79 bits per heavy atom. The summed E-state index contributed by atoms with van der Waals surface area (Å²) >= 11 is 0. The van der Waals surface area contributed by atoms with E-state index in [1.54, 1.807) is 29.2 Å². The first-order valence-corrected chi connectivity index (χ1v) is 7.61. The highest BCUT2D eigenvalue weighted by Gasteiger charge is 2.33. The number of aromatic nitrogens is 2. The first-order valence-electron chi connectivity index (χ1n) is 7.61. The second kappa shape index (κ2) is 6.27. The Kier molecular flexibility index (Phi) is 4.31. The van der Waals surface area contributed by atoms with E-state index in [9.17, 15) is 18.0 Å². The van der Waals surface area contributed by atoms with E-state index in [1.807, 2.05) is 6.92 Å². The molecule has 24 heavy (non-hydrogen) atoms. The molecule has 8 heteroatoms. The molecule has 1 aromatic carbocycles. The van der Waals surface area contributed by atoms with Crippen LogP contribution in [0.4, 0.5) is 13.2 Å². The lowest BCUT2D eigenvalue weighted by Gasteiger charge is -2.34. The highest BCUT2D eigenvalue weighted by molar-refractivity contribution is 5.95. The summed E-state index contributed by atoms with van der Waals surface area (Å²) in [6.07, 6.45) is -3.26. The maximum atomic E-state index is 12.7. The van der Waals surface area contributed by atoms with Crippen LogP contribution in [0.3, 0.4) is 0 Å². The normalized spacial score (nSPS) is 18.7. The molecule has 1 aliphatic heterocycles. The zero-order chi connectivity index (χ0) is 17.3. The molecule has 1 aliphatic rings. The predicted molar refractivity (Wildman–Crippen MR) is 81.9 cm³/mol. The highest BCUT2D eigenvalue weighted by Crippen LogP contribution is 2.28. The molecule has 1 saturated heterocycles. The summed E-state index contributed by atoms with van der Waals surface area (Å²) in [4.78, 5) is 14.4. The van der Waals surface area contributed by atoms with Gasteiger partial charge in [-0.05, 0) is 31.2 Å². The molecular weight excluding hydrogens is 321 g/mol. The van der Waals surface area contributed by atoms with Crippen molar-refractivity contribution in [1.29, 1.82) is 0 Å². The van der Waals surface area contributed by atoms with Gasteiger partial charge in [-0.1, -0.05) is 6.07 Å². The van der Waals surface area contributed by atoms with Gasteiger partial charge in [0.25, 0.3) is 5.91 Å². The Morgan fingerprint density at radius 2 is 2.12 bits per heavy atom. The van der Waals surface area contributed by atoms with Crippen LogP contribution < -0.4 is 5.32 Å². The number of hydrogen-bond acceptors (Lipinski definition) is 3. The molecule has 1 fully saturated rings. The molecule has 0 radical (unpaired) electrons. The van der Waals surface area contributed by atoms with E-state index in [-0.39, 0.29) is 11.9 Å². The second-order valence-electron chi connectivity index (χ2n) is 5.75. The molecule has 128 valence electrons. The van der Waals surface area contributed by atoms with Gasteiger partial charge in [0.15, 0.2) is 5.69 Å². The molecule has 5 nitrogen and oxygen atoms in total. The van der Waals surface area contributed by atoms with Gasteiger partial charge in [0.05, 0.1) is 5.69 Å². The number of nitrogens with one attached hydrogen (secondary N) is 1. The number of carbonyl (C=O) groups excluding carboxylic acids is 1. The van der Waals surface area contributed by atoms with Crippen LogP contribution in [0.25, 0.3) is 5.69 Å². The van der Waals surface area contributed by atoms with Crippen LogP contribution in [-0.4, -0.2) is 46.3 Å². The summed E-state index contributed by atoms with van der Waals surface area (Å²) in [5, 5.41) is 6.75. The summed E-state index contributed by atoms with van der Waals surface area (Å²) in [7, 11) is 0. The molecule has 1 aromatic heterocycles. The zero-order valence-electron chi connectivity index (χ0n) is 13.0. The van der Waals surface area contributed by atoms with Crippen molar-refractivity contribution >= 4 is 5.91 Å². The van der Waals surface area contributed by atoms with E-state index >= 15 is 0 Å². The number of rotatable bonds is 2. The van der Waals surface area contributed by atoms with Gasteiger partial charge in [0.1, 0.15) is 0 Å². The lowest BCUT2D eigenvalue weighted by Crippen LogP contribution is -2.52. The Bertz CT molecular complexity index is 741. The minimum atomic E-state index is -4.49. The number of benzene rings is 1. The van der Waals surface area contributed by atoms with E-state index in [0.29, 0.717) is 17.8 Å². The smallest absolute Gasteiger partial charge is 0.333 e. The summed E-state index contributed by atoms with van der Waals surface area (Å²) in [6, 6.07) is 7.46. The molecule has 0 unspecified atom stereocenters. The average molecular weight is 338 g/mol. The number of carbonyl (C=O) groups is 1. The van der Waals surface area contributed by atoms with Crippen molar-refractivity contribution in [2.75, 3.05) is 19.6 Å². The van der Waals surface area contributed by atoms with E-state index in [1.165, 1.54) is 6.20 Å². The average Bonchev–Trinajstić information content (AvgIpc) is 3.05. The lowest BCUT2D eigenvalue weighted by molar-refractivity contribution is -0.141. The molecule has 1 amide bonds. The lowest BCUT2D eigenvalue weighted by atomic mass is 10.1. The Labute approximate surface area is 137 Å². The van der Waals surface area contributed by atoms with Crippen molar-refractivity contribution in [3.63, 3.8) is 0 Å². The fourth-order valence-electron chi connectivity index (χ4n) is 2.71. The topological polar surface area (TPSA) is 50.2 Å². The largest absolute Gasteiger partial charge is 0.435 e. The fraction of sp³-hybridized carbons (Fsp3) is 0.375. The molecular formula is C16H17F3N4O. The van der Waals surface area contributed by atoms with E-state index < -0.39 is 11.9 Å². The standard InChI is InChI=1S/C16H17F3N4O/c1-11-10-20-6-8-22(11)15(24)12-3-2-4-13(9-12)23-7-5-14(21-23)16(17,18)19/h2-5,7,9,11,20H,6,8,10H2,1H3/t11-/m0/s1. The van der Waals surface area contributed by atoms with Gasteiger partial charge in [-0.15, -0.1) is 0 Å². The van der Waals surface area contributed by atoms with Gasteiger partial charge in [0.2, 0.25) is 0 Å². The summed E-state index contributed by atoms with van der Waals surface area (Å²) in [6.45, 7) is 4.00. The van der Waals surface area contributed by atoms with Gasteiger partial charge < -0.3 is 10.2 Å². The molecule has 0 spiro atoms. The van der Waals surface area contributed by atoms with Crippen LogP contribution in [0.1, 0.15) is 23.0 Å². The van der Waals surface area contributed by atoms with Crippen LogP contribution in [0.2, 0.25) is 0 Å². The van der Waals surface area contributed by atoms with Crippen LogP contribution in [0.15, 0.2) is 36.5 Å². The first kappa shape index (κ1) is 16.5. The van der Waals surface area contributed by atoms with Crippen molar-refractivity contribution < 1.29 is 18.0 Å². The number of hydrogen-bond donors (Lipinski definition) is 1. The SMILES string of the molecule is C[C@H]1CNCCN1C(=O)c1cccc(-n2ccc(C(F)(F)F)n2)c1. The predicted octanol–water partition coefficient (Wildman–Crippen LogP) is 2.33. The minimum absolute atomic E-state index is 0.0661. The monoisotopic (exact) mass is 338 g/mol. The molecule has 0 saturated carbocycles. The second-order valence-corrected chi connectivity index (χ2v) is 5.75. The van der Waals surface area contributed by atoms with Crippen LogP contribution in [-0.2, 0) is 6.18 Å². The quantitative estimate of drug-likeness (QED) is 0.914. The van der Waals surface area contributed by atoms with Crippen molar-refractivity contribution in [2.24, 2.45) is 0 Å². The van der Waals surface area contributed by atoms with Crippen LogP contribution in [0.5, 0.6) is 0 Å². The number of amides is 1. The van der Waals surface area contributed by atoms with E-state index in [0.717, 1.165) is 23.8 Å². The van der Waals surface area contributed by atoms with Gasteiger partial charge in [-0.3, -0.25) is 4.79 Å².